The van der Waals surface area contributed by atoms with Gasteiger partial charge in [-0.05, 0) is 54.0 Å². The second-order valence-corrected chi connectivity index (χ2v) is 7.26. The summed E-state index contributed by atoms with van der Waals surface area (Å²) >= 11 is 5.24. The topological polar surface area (TPSA) is 70.2 Å². The Hall–Kier alpha value is -3.51. The first-order valence-corrected chi connectivity index (χ1v) is 9.99. The Balaban J connectivity index is 1.53. The van der Waals surface area contributed by atoms with Gasteiger partial charge in [0.2, 0.25) is 5.91 Å². The molecular formula is C24H23N3O2S. The van der Waals surface area contributed by atoms with Crippen LogP contribution in [0.5, 0.6) is 0 Å². The van der Waals surface area contributed by atoms with Crippen molar-refractivity contribution in [2.75, 3.05) is 5.32 Å². The Labute approximate surface area is 181 Å². The van der Waals surface area contributed by atoms with Crippen molar-refractivity contribution in [3.05, 3.63) is 101 Å². The highest BCUT2D eigenvalue weighted by atomic mass is 32.1. The van der Waals surface area contributed by atoms with Crippen LogP contribution in [-0.4, -0.2) is 16.9 Å². The smallest absolute Gasteiger partial charge is 0.251 e. The fourth-order valence-electron chi connectivity index (χ4n) is 2.93. The summed E-state index contributed by atoms with van der Waals surface area (Å²) in [6, 6.07) is 24.4. The second kappa shape index (κ2) is 10.3. The predicted molar refractivity (Wildman–Crippen MR) is 123 cm³/mol. The molecule has 0 spiro atoms. The van der Waals surface area contributed by atoms with E-state index >= 15 is 0 Å². The van der Waals surface area contributed by atoms with E-state index in [4.69, 9.17) is 12.2 Å². The van der Waals surface area contributed by atoms with Gasteiger partial charge in [-0.25, -0.2) is 0 Å². The van der Waals surface area contributed by atoms with Crippen molar-refractivity contribution in [1.29, 1.82) is 0 Å². The highest BCUT2D eigenvalue weighted by molar-refractivity contribution is 7.80. The van der Waals surface area contributed by atoms with Gasteiger partial charge < -0.3 is 16.0 Å². The SMILES string of the molecule is Cc1ccccc1CC(=O)NC(=S)Nc1cccc(C(=O)NCc2ccccc2)c1. The van der Waals surface area contributed by atoms with Crippen molar-refractivity contribution in [3.8, 4) is 0 Å². The monoisotopic (exact) mass is 417 g/mol. The number of carbonyl (C=O) groups excluding carboxylic acids is 2. The van der Waals surface area contributed by atoms with Gasteiger partial charge in [-0.2, -0.15) is 0 Å². The molecule has 0 heterocycles. The summed E-state index contributed by atoms with van der Waals surface area (Å²) in [4.78, 5) is 24.7. The molecule has 3 N–H and O–H groups in total. The molecule has 3 aromatic rings. The van der Waals surface area contributed by atoms with Crippen LogP contribution < -0.4 is 16.0 Å². The molecule has 0 unspecified atom stereocenters. The summed E-state index contributed by atoms with van der Waals surface area (Å²) < 4.78 is 0. The Bertz CT molecular complexity index is 1050. The molecule has 0 saturated heterocycles. The highest BCUT2D eigenvalue weighted by Gasteiger charge is 2.10. The molecule has 0 aliphatic carbocycles. The van der Waals surface area contributed by atoms with Crippen LogP contribution in [0.15, 0.2) is 78.9 Å². The van der Waals surface area contributed by atoms with E-state index < -0.39 is 0 Å². The zero-order valence-corrected chi connectivity index (χ0v) is 17.5. The number of rotatable bonds is 6. The minimum Gasteiger partial charge on any atom is -0.348 e. The third-order valence-corrected chi connectivity index (χ3v) is 4.75. The summed E-state index contributed by atoms with van der Waals surface area (Å²) in [7, 11) is 0. The lowest BCUT2D eigenvalue weighted by Gasteiger charge is -2.12. The summed E-state index contributed by atoms with van der Waals surface area (Å²) in [6.45, 7) is 2.41. The summed E-state index contributed by atoms with van der Waals surface area (Å²) in [6.07, 6.45) is 0.246. The van der Waals surface area contributed by atoms with Crippen LogP contribution in [0, 0.1) is 6.92 Å². The number of hydrogen-bond donors (Lipinski definition) is 3. The minimum atomic E-state index is -0.196. The second-order valence-electron chi connectivity index (χ2n) is 6.85. The fourth-order valence-corrected chi connectivity index (χ4v) is 3.16. The molecule has 0 saturated carbocycles. The van der Waals surface area contributed by atoms with Gasteiger partial charge in [-0.15, -0.1) is 0 Å². The van der Waals surface area contributed by atoms with Crippen LogP contribution in [0.25, 0.3) is 0 Å². The molecule has 3 aromatic carbocycles. The number of carbonyl (C=O) groups is 2. The van der Waals surface area contributed by atoms with Crippen LogP contribution in [-0.2, 0) is 17.8 Å². The lowest BCUT2D eigenvalue weighted by Crippen LogP contribution is -2.35. The van der Waals surface area contributed by atoms with Crippen molar-refractivity contribution in [1.82, 2.24) is 10.6 Å². The number of aryl methyl sites for hydroxylation is 1. The van der Waals surface area contributed by atoms with Gasteiger partial charge in [0.25, 0.3) is 5.91 Å². The van der Waals surface area contributed by atoms with Gasteiger partial charge in [0.05, 0.1) is 6.42 Å². The van der Waals surface area contributed by atoms with Crippen LogP contribution in [0.1, 0.15) is 27.0 Å². The molecule has 5 nitrogen and oxygen atoms in total. The molecule has 0 radical (unpaired) electrons. The maximum absolute atomic E-state index is 12.4. The molecule has 3 rings (SSSR count). The number of hydrogen-bond acceptors (Lipinski definition) is 3. The normalized spacial score (nSPS) is 10.2. The molecule has 0 aromatic heterocycles. The van der Waals surface area contributed by atoms with Crippen molar-refractivity contribution in [2.24, 2.45) is 0 Å². The Morgan fingerprint density at radius 2 is 1.63 bits per heavy atom. The number of nitrogens with one attached hydrogen (secondary N) is 3. The van der Waals surface area contributed by atoms with E-state index in [2.05, 4.69) is 16.0 Å². The van der Waals surface area contributed by atoms with E-state index in [0.29, 0.717) is 17.8 Å². The summed E-state index contributed by atoms with van der Waals surface area (Å²) in [5, 5.41) is 8.72. The highest BCUT2D eigenvalue weighted by Crippen LogP contribution is 2.12. The van der Waals surface area contributed by atoms with Crippen LogP contribution >= 0.6 is 12.2 Å². The standard InChI is InChI=1S/C24H23N3O2S/c1-17-8-5-6-11-19(17)15-22(28)27-24(30)26-21-13-7-12-20(14-21)23(29)25-16-18-9-3-2-4-10-18/h2-14H,15-16H2,1H3,(H,25,29)(H2,26,27,28,30). The zero-order chi connectivity index (χ0) is 21.3. The predicted octanol–water partition coefficient (Wildman–Crippen LogP) is 3.98. The van der Waals surface area contributed by atoms with E-state index in [1.165, 1.54) is 0 Å². The first kappa shape index (κ1) is 21.2. The van der Waals surface area contributed by atoms with E-state index in [9.17, 15) is 9.59 Å². The average Bonchev–Trinajstić information content (AvgIpc) is 2.74. The molecule has 2 amide bonds. The maximum Gasteiger partial charge on any atom is 0.251 e. The van der Waals surface area contributed by atoms with E-state index in [1.54, 1.807) is 24.3 Å². The van der Waals surface area contributed by atoms with Crippen molar-refractivity contribution < 1.29 is 9.59 Å². The Morgan fingerprint density at radius 1 is 0.900 bits per heavy atom. The summed E-state index contributed by atoms with van der Waals surface area (Å²) in [5.41, 5.74) is 4.17. The molecule has 6 heteroatoms. The van der Waals surface area contributed by atoms with Gasteiger partial charge in [0, 0.05) is 17.8 Å². The zero-order valence-electron chi connectivity index (χ0n) is 16.6. The van der Waals surface area contributed by atoms with E-state index in [-0.39, 0.29) is 23.3 Å². The van der Waals surface area contributed by atoms with Gasteiger partial charge in [0.15, 0.2) is 5.11 Å². The number of amides is 2. The first-order valence-electron chi connectivity index (χ1n) is 9.59. The van der Waals surface area contributed by atoms with Crippen molar-refractivity contribution in [2.45, 2.75) is 19.9 Å². The third kappa shape index (κ3) is 6.25. The molecule has 0 fully saturated rings. The lowest BCUT2D eigenvalue weighted by molar-refractivity contribution is -0.119. The molecule has 30 heavy (non-hydrogen) atoms. The van der Waals surface area contributed by atoms with E-state index in [1.807, 2.05) is 61.5 Å². The molecule has 152 valence electrons. The van der Waals surface area contributed by atoms with Crippen molar-refractivity contribution >= 4 is 34.8 Å². The fraction of sp³-hybridized carbons (Fsp3) is 0.125. The van der Waals surface area contributed by atoms with Gasteiger partial charge in [-0.3, -0.25) is 9.59 Å². The largest absolute Gasteiger partial charge is 0.348 e. The third-order valence-electron chi connectivity index (χ3n) is 4.54. The Kier molecular flexibility index (Phi) is 7.29. The molecule has 0 bridgehead atoms. The molecule has 0 atom stereocenters. The van der Waals surface area contributed by atoms with Crippen molar-refractivity contribution in [3.63, 3.8) is 0 Å². The quantitative estimate of drug-likeness (QED) is 0.531. The van der Waals surface area contributed by atoms with Crippen LogP contribution in [0.2, 0.25) is 0 Å². The van der Waals surface area contributed by atoms with Gasteiger partial charge in [-0.1, -0.05) is 60.7 Å². The molecular weight excluding hydrogens is 394 g/mol. The number of anilines is 1. The summed E-state index contributed by atoms with van der Waals surface area (Å²) in [5.74, 6) is -0.379. The van der Waals surface area contributed by atoms with Crippen LogP contribution in [0.4, 0.5) is 5.69 Å². The average molecular weight is 418 g/mol. The van der Waals surface area contributed by atoms with Gasteiger partial charge >= 0.3 is 0 Å². The lowest BCUT2D eigenvalue weighted by atomic mass is 10.1. The number of benzene rings is 3. The first-order chi connectivity index (χ1) is 14.5. The Morgan fingerprint density at radius 3 is 2.40 bits per heavy atom. The van der Waals surface area contributed by atoms with E-state index in [0.717, 1.165) is 16.7 Å². The van der Waals surface area contributed by atoms with Gasteiger partial charge in [0.1, 0.15) is 0 Å². The number of thiocarbonyl (C=S) groups is 1. The van der Waals surface area contributed by atoms with Crippen LogP contribution in [0.3, 0.4) is 0 Å². The maximum atomic E-state index is 12.4. The molecule has 0 aliphatic heterocycles. The minimum absolute atomic E-state index is 0.183. The molecule has 0 aliphatic rings.